The van der Waals surface area contributed by atoms with Crippen LogP contribution in [0, 0.1) is 0 Å². The standard InChI is InChI=1S/C19H18N4O5/c1-27-16-6-3-11(7-17(16)28-2)18-12(9-20-22-18)10-21-23-19(26)14-5-4-13(24)8-15(14)25/h3-10,24-25H,1-2H3,(H,20,22)(H,23,26)/b21-10-. The maximum Gasteiger partial charge on any atom is 0.275 e. The minimum Gasteiger partial charge on any atom is -0.508 e. The van der Waals surface area contributed by atoms with Gasteiger partial charge in [0.15, 0.2) is 11.5 Å². The highest BCUT2D eigenvalue weighted by Crippen LogP contribution is 2.32. The van der Waals surface area contributed by atoms with Crippen LogP contribution in [0.5, 0.6) is 23.0 Å². The molecule has 1 amide bonds. The van der Waals surface area contributed by atoms with Crippen LogP contribution < -0.4 is 14.9 Å². The molecule has 0 radical (unpaired) electrons. The van der Waals surface area contributed by atoms with Crippen molar-refractivity contribution in [3.63, 3.8) is 0 Å². The van der Waals surface area contributed by atoms with E-state index in [2.05, 4.69) is 20.7 Å². The van der Waals surface area contributed by atoms with E-state index in [0.717, 1.165) is 11.6 Å². The average molecular weight is 382 g/mol. The molecule has 0 aliphatic heterocycles. The number of aromatic hydroxyl groups is 2. The quantitative estimate of drug-likeness (QED) is 0.382. The van der Waals surface area contributed by atoms with Gasteiger partial charge in [-0.2, -0.15) is 10.2 Å². The molecule has 0 aliphatic carbocycles. The number of phenolic OH excluding ortho intramolecular Hbond substituents is 2. The number of ether oxygens (including phenoxy) is 2. The topological polar surface area (TPSA) is 129 Å². The van der Waals surface area contributed by atoms with Crippen molar-refractivity contribution < 1.29 is 24.5 Å². The van der Waals surface area contributed by atoms with E-state index in [9.17, 15) is 15.0 Å². The number of nitrogens with zero attached hydrogens (tertiary/aromatic N) is 2. The first-order valence-electron chi connectivity index (χ1n) is 8.14. The zero-order valence-electron chi connectivity index (χ0n) is 15.1. The van der Waals surface area contributed by atoms with Crippen LogP contribution >= 0.6 is 0 Å². The van der Waals surface area contributed by atoms with Gasteiger partial charge in [-0.15, -0.1) is 0 Å². The zero-order valence-corrected chi connectivity index (χ0v) is 15.1. The Balaban J connectivity index is 1.78. The number of hydrogen-bond acceptors (Lipinski definition) is 7. The van der Waals surface area contributed by atoms with Gasteiger partial charge in [0.05, 0.1) is 37.9 Å². The van der Waals surface area contributed by atoms with Gasteiger partial charge in [0.2, 0.25) is 0 Å². The summed E-state index contributed by atoms with van der Waals surface area (Å²) in [6, 6.07) is 9.05. The summed E-state index contributed by atoms with van der Waals surface area (Å²) < 4.78 is 10.5. The Labute approximate surface area is 160 Å². The van der Waals surface area contributed by atoms with Crippen LogP contribution in [-0.4, -0.2) is 46.8 Å². The molecule has 3 rings (SSSR count). The van der Waals surface area contributed by atoms with Crippen LogP contribution in [0.25, 0.3) is 11.3 Å². The first-order chi connectivity index (χ1) is 13.5. The Bertz CT molecular complexity index is 1030. The molecular formula is C19H18N4O5. The number of phenols is 2. The van der Waals surface area contributed by atoms with Crippen molar-refractivity contribution in [2.24, 2.45) is 5.10 Å². The number of H-pyrrole nitrogens is 1. The molecule has 0 atom stereocenters. The van der Waals surface area contributed by atoms with Crippen molar-refractivity contribution in [1.29, 1.82) is 0 Å². The van der Waals surface area contributed by atoms with Gasteiger partial charge >= 0.3 is 0 Å². The molecule has 0 saturated heterocycles. The SMILES string of the molecule is COc1ccc(-c2[nH]ncc2/C=N\NC(=O)c2ccc(O)cc2O)cc1OC. The summed E-state index contributed by atoms with van der Waals surface area (Å²) in [6.45, 7) is 0. The zero-order chi connectivity index (χ0) is 20.1. The van der Waals surface area contributed by atoms with E-state index >= 15 is 0 Å². The third kappa shape index (κ3) is 3.88. The summed E-state index contributed by atoms with van der Waals surface area (Å²) in [5.41, 5.74) is 4.40. The molecule has 0 saturated carbocycles. The summed E-state index contributed by atoms with van der Waals surface area (Å²) in [4.78, 5) is 12.1. The smallest absolute Gasteiger partial charge is 0.275 e. The Morgan fingerprint density at radius 1 is 1.14 bits per heavy atom. The number of carbonyl (C=O) groups is 1. The molecule has 28 heavy (non-hydrogen) atoms. The van der Waals surface area contributed by atoms with Crippen LogP contribution in [0.15, 0.2) is 47.7 Å². The predicted molar refractivity (Wildman–Crippen MR) is 102 cm³/mol. The molecule has 0 fully saturated rings. The highest BCUT2D eigenvalue weighted by Gasteiger charge is 2.12. The van der Waals surface area contributed by atoms with Gasteiger partial charge in [-0.3, -0.25) is 9.89 Å². The third-order valence-electron chi connectivity index (χ3n) is 3.94. The van der Waals surface area contributed by atoms with Crippen LogP contribution in [0.4, 0.5) is 0 Å². The van der Waals surface area contributed by atoms with E-state index < -0.39 is 5.91 Å². The fourth-order valence-corrected chi connectivity index (χ4v) is 2.55. The van der Waals surface area contributed by atoms with Crippen LogP contribution in [0.3, 0.4) is 0 Å². The maximum absolute atomic E-state index is 12.1. The summed E-state index contributed by atoms with van der Waals surface area (Å²) in [5, 5.41) is 29.8. The number of nitrogens with one attached hydrogen (secondary N) is 2. The summed E-state index contributed by atoms with van der Waals surface area (Å²) in [5.74, 6) is 0.0537. The van der Waals surface area contributed by atoms with Crippen molar-refractivity contribution in [3.8, 4) is 34.3 Å². The van der Waals surface area contributed by atoms with E-state index in [1.54, 1.807) is 32.5 Å². The predicted octanol–water partition coefficient (Wildman–Crippen LogP) is 2.27. The Hall–Kier alpha value is -4.01. The lowest BCUT2D eigenvalue weighted by atomic mass is 10.1. The van der Waals surface area contributed by atoms with Gasteiger partial charge < -0.3 is 19.7 Å². The van der Waals surface area contributed by atoms with Crippen molar-refractivity contribution in [2.45, 2.75) is 0 Å². The van der Waals surface area contributed by atoms with Gasteiger partial charge in [0, 0.05) is 17.2 Å². The Morgan fingerprint density at radius 3 is 2.64 bits per heavy atom. The number of amides is 1. The lowest BCUT2D eigenvalue weighted by molar-refractivity contribution is 0.0952. The molecule has 2 aromatic carbocycles. The van der Waals surface area contributed by atoms with E-state index in [4.69, 9.17) is 9.47 Å². The second-order valence-corrected chi connectivity index (χ2v) is 5.67. The number of benzene rings is 2. The van der Waals surface area contributed by atoms with E-state index in [1.807, 2.05) is 6.07 Å². The highest BCUT2D eigenvalue weighted by atomic mass is 16.5. The summed E-state index contributed by atoms with van der Waals surface area (Å²) in [6.07, 6.45) is 2.98. The summed E-state index contributed by atoms with van der Waals surface area (Å²) in [7, 11) is 3.10. The molecule has 1 heterocycles. The van der Waals surface area contributed by atoms with Gasteiger partial charge in [-0.1, -0.05) is 0 Å². The molecule has 4 N–H and O–H groups in total. The minimum atomic E-state index is -0.620. The molecular weight excluding hydrogens is 364 g/mol. The maximum atomic E-state index is 12.1. The van der Waals surface area contributed by atoms with Gasteiger partial charge in [-0.25, -0.2) is 5.43 Å². The Kier molecular flexibility index (Phi) is 5.45. The number of aromatic amines is 1. The molecule has 0 unspecified atom stereocenters. The van der Waals surface area contributed by atoms with Crippen molar-refractivity contribution >= 4 is 12.1 Å². The lowest BCUT2D eigenvalue weighted by Gasteiger charge is -2.09. The van der Waals surface area contributed by atoms with Crippen molar-refractivity contribution in [2.75, 3.05) is 14.2 Å². The van der Waals surface area contributed by atoms with E-state index in [0.29, 0.717) is 22.8 Å². The minimum absolute atomic E-state index is 0.0118. The number of carbonyl (C=O) groups excluding carboxylic acids is 1. The van der Waals surface area contributed by atoms with Gasteiger partial charge in [0.1, 0.15) is 11.5 Å². The first kappa shape index (κ1) is 18.8. The molecule has 9 heteroatoms. The molecule has 1 aromatic heterocycles. The monoisotopic (exact) mass is 382 g/mol. The van der Waals surface area contributed by atoms with Crippen LogP contribution in [0.2, 0.25) is 0 Å². The molecule has 0 bridgehead atoms. The fourth-order valence-electron chi connectivity index (χ4n) is 2.55. The molecule has 144 valence electrons. The molecule has 3 aromatic rings. The van der Waals surface area contributed by atoms with E-state index in [1.165, 1.54) is 18.3 Å². The summed E-state index contributed by atoms with van der Waals surface area (Å²) >= 11 is 0. The lowest BCUT2D eigenvalue weighted by Crippen LogP contribution is -2.17. The fraction of sp³-hybridized carbons (Fsp3) is 0.105. The first-order valence-corrected chi connectivity index (χ1v) is 8.14. The van der Waals surface area contributed by atoms with Gasteiger partial charge in [-0.05, 0) is 30.3 Å². The Morgan fingerprint density at radius 2 is 1.93 bits per heavy atom. The number of hydrogen-bond donors (Lipinski definition) is 4. The van der Waals surface area contributed by atoms with E-state index in [-0.39, 0.29) is 17.1 Å². The van der Waals surface area contributed by atoms with Crippen molar-refractivity contribution in [1.82, 2.24) is 15.6 Å². The molecule has 9 nitrogen and oxygen atoms in total. The largest absolute Gasteiger partial charge is 0.508 e. The van der Waals surface area contributed by atoms with Crippen LogP contribution in [0.1, 0.15) is 15.9 Å². The number of rotatable bonds is 6. The molecule has 0 aliphatic rings. The second kappa shape index (κ2) is 8.12. The highest BCUT2D eigenvalue weighted by molar-refractivity contribution is 5.98. The second-order valence-electron chi connectivity index (χ2n) is 5.67. The third-order valence-corrected chi connectivity index (χ3v) is 3.94. The van der Waals surface area contributed by atoms with Crippen LogP contribution in [-0.2, 0) is 0 Å². The normalized spacial score (nSPS) is 10.8. The number of methoxy groups -OCH3 is 2. The van der Waals surface area contributed by atoms with Crippen molar-refractivity contribution in [3.05, 3.63) is 53.7 Å². The number of hydrazone groups is 1. The average Bonchev–Trinajstić information content (AvgIpc) is 3.15. The van der Waals surface area contributed by atoms with Gasteiger partial charge in [0.25, 0.3) is 5.91 Å². The molecule has 0 spiro atoms. The number of aromatic nitrogens is 2.